The lowest BCUT2D eigenvalue weighted by Gasteiger charge is -2.11. The second-order valence-corrected chi connectivity index (χ2v) is 5.30. The summed E-state index contributed by atoms with van der Waals surface area (Å²) in [6.45, 7) is 7.87. The third kappa shape index (κ3) is 5.78. The summed E-state index contributed by atoms with van der Waals surface area (Å²) >= 11 is 0. The van der Waals surface area contributed by atoms with Crippen LogP contribution < -0.4 is 5.32 Å². The molecule has 0 aromatic heterocycles. The molecule has 0 aliphatic heterocycles. The van der Waals surface area contributed by atoms with Crippen LogP contribution in [0.5, 0.6) is 0 Å². The topological polar surface area (TPSA) is 12.0 Å². The van der Waals surface area contributed by atoms with E-state index in [2.05, 4.69) is 19.2 Å². The zero-order valence-corrected chi connectivity index (χ0v) is 12.2. The van der Waals surface area contributed by atoms with Gasteiger partial charge < -0.3 is 5.32 Å². The summed E-state index contributed by atoms with van der Waals surface area (Å²) in [5, 5.41) is 3.31. The molecule has 0 aliphatic carbocycles. The van der Waals surface area contributed by atoms with Crippen LogP contribution in [0.4, 0.5) is 13.2 Å². The predicted molar refractivity (Wildman–Crippen MR) is 77.4 cm³/mol. The highest BCUT2D eigenvalue weighted by molar-refractivity contribution is 5.54. The molecule has 1 aromatic carbocycles. The summed E-state index contributed by atoms with van der Waals surface area (Å²) in [7, 11) is 0. The smallest absolute Gasteiger partial charge is 0.313 e. The quantitative estimate of drug-likeness (QED) is 0.795. The SMILES string of the molecule is CCC(=Cc1cccc(C(F)(F)F)c1)CNCC(C)C. The van der Waals surface area contributed by atoms with Crippen LogP contribution in [-0.2, 0) is 6.18 Å². The first-order valence-corrected chi connectivity index (χ1v) is 6.90. The van der Waals surface area contributed by atoms with E-state index in [1.54, 1.807) is 6.07 Å². The van der Waals surface area contributed by atoms with Gasteiger partial charge in [0, 0.05) is 6.54 Å². The number of benzene rings is 1. The lowest BCUT2D eigenvalue weighted by molar-refractivity contribution is -0.137. The Labute approximate surface area is 118 Å². The van der Waals surface area contributed by atoms with Crippen molar-refractivity contribution in [3.05, 3.63) is 41.0 Å². The van der Waals surface area contributed by atoms with Crippen LogP contribution in [0.2, 0.25) is 0 Å². The summed E-state index contributed by atoms with van der Waals surface area (Å²) in [5.74, 6) is 0.557. The maximum absolute atomic E-state index is 12.6. The van der Waals surface area contributed by atoms with Gasteiger partial charge in [-0.2, -0.15) is 13.2 Å². The van der Waals surface area contributed by atoms with E-state index in [1.165, 1.54) is 12.1 Å². The van der Waals surface area contributed by atoms with Crippen molar-refractivity contribution >= 4 is 6.08 Å². The van der Waals surface area contributed by atoms with Gasteiger partial charge in [0.1, 0.15) is 0 Å². The molecule has 112 valence electrons. The van der Waals surface area contributed by atoms with Crippen molar-refractivity contribution < 1.29 is 13.2 Å². The lowest BCUT2D eigenvalue weighted by Crippen LogP contribution is -2.21. The third-order valence-electron chi connectivity index (χ3n) is 2.94. The number of hydrogen-bond acceptors (Lipinski definition) is 1. The molecule has 1 nitrogen and oxygen atoms in total. The number of alkyl halides is 3. The summed E-state index contributed by atoms with van der Waals surface area (Å²) in [4.78, 5) is 0. The lowest BCUT2D eigenvalue weighted by atomic mass is 10.1. The highest BCUT2D eigenvalue weighted by Gasteiger charge is 2.30. The standard InChI is InChI=1S/C16H22F3N/c1-4-13(11-20-10-12(2)3)8-14-6-5-7-15(9-14)16(17,18)19/h5-9,12,20H,4,10-11H2,1-3H3. The van der Waals surface area contributed by atoms with E-state index in [1.807, 2.05) is 13.0 Å². The molecule has 0 unspecified atom stereocenters. The van der Waals surface area contributed by atoms with E-state index in [9.17, 15) is 13.2 Å². The number of rotatable bonds is 6. The van der Waals surface area contributed by atoms with E-state index >= 15 is 0 Å². The Hall–Kier alpha value is -1.29. The minimum Gasteiger partial charge on any atom is -0.313 e. The third-order valence-corrected chi connectivity index (χ3v) is 2.94. The largest absolute Gasteiger partial charge is 0.416 e. The molecule has 0 radical (unpaired) electrons. The molecule has 0 aliphatic rings. The van der Waals surface area contributed by atoms with E-state index in [4.69, 9.17) is 0 Å². The Morgan fingerprint density at radius 3 is 2.55 bits per heavy atom. The molecule has 0 saturated heterocycles. The van der Waals surface area contributed by atoms with Crippen molar-refractivity contribution in [3.8, 4) is 0 Å². The minimum absolute atomic E-state index is 0.557. The van der Waals surface area contributed by atoms with Gasteiger partial charge in [0.25, 0.3) is 0 Å². The number of nitrogens with one attached hydrogen (secondary N) is 1. The molecule has 0 spiro atoms. The summed E-state index contributed by atoms with van der Waals surface area (Å²) < 4.78 is 37.9. The average Bonchev–Trinajstić information content (AvgIpc) is 2.36. The zero-order chi connectivity index (χ0) is 15.2. The van der Waals surface area contributed by atoms with Gasteiger partial charge in [-0.3, -0.25) is 0 Å². The molecule has 1 N–H and O–H groups in total. The number of hydrogen-bond donors (Lipinski definition) is 1. The molecule has 0 fully saturated rings. The first kappa shape index (κ1) is 16.8. The van der Waals surface area contributed by atoms with Gasteiger partial charge in [-0.05, 0) is 36.6 Å². The first-order valence-electron chi connectivity index (χ1n) is 6.90. The molecule has 1 aromatic rings. The van der Waals surface area contributed by atoms with Gasteiger partial charge in [-0.15, -0.1) is 0 Å². The molecule has 4 heteroatoms. The first-order chi connectivity index (χ1) is 9.32. The summed E-state index contributed by atoms with van der Waals surface area (Å²) in [6.07, 6.45) is -1.63. The second kappa shape index (κ2) is 7.48. The highest BCUT2D eigenvalue weighted by atomic mass is 19.4. The molecule has 20 heavy (non-hydrogen) atoms. The second-order valence-electron chi connectivity index (χ2n) is 5.30. The number of halogens is 3. The van der Waals surface area contributed by atoms with Crippen molar-refractivity contribution in [2.75, 3.05) is 13.1 Å². The maximum Gasteiger partial charge on any atom is 0.416 e. The monoisotopic (exact) mass is 285 g/mol. The van der Waals surface area contributed by atoms with Gasteiger partial charge in [-0.25, -0.2) is 0 Å². The van der Waals surface area contributed by atoms with Crippen molar-refractivity contribution in [1.29, 1.82) is 0 Å². The molecule has 1 rings (SSSR count). The van der Waals surface area contributed by atoms with E-state index in [0.29, 0.717) is 18.0 Å². The molecule has 0 bridgehead atoms. The Morgan fingerprint density at radius 2 is 2.00 bits per heavy atom. The van der Waals surface area contributed by atoms with Crippen LogP contribution in [0.15, 0.2) is 29.8 Å². The van der Waals surface area contributed by atoms with E-state index < -0.39 is 11.7 Å². The average molecular weight is 285 g/mol. The Kier molecular flexibility index (Phi) is 6.27. The normalized spacial score (nSPS) is 13.1. The molecular weight excluding hydrogens is 263 g/mol. The van der Waals surface area contributed by atoms with Gasteiger partial charge >= 0.3 is 6.18 Å². The van der Waals surface area contributed by atoms with Crippen LogP contribution in [0, 0.1) is 5.92 Å². The fourth-order valence-electron chi connectivity index (χ4n) is 1.84. The van der Waals surface area contributed by atoms with Gasteiger partial charge in [-0.1, -0.05) is 44.6 Å². The molecule has 0 atom stereocenters. The van der Waals surface area contributed by atoms with Crippen LogP contribution in [0.25, 0.3) is 6.08 Å². The Balaban J connectivity index is 2.79. The van der Waals surface area contributed by atoms with Crippen LogP contribution >= 0.6 is 0 Å². The van der Waals surface area contributed by atoms with Crippen LogP contribution in [0.1, 0.15) is 38.3 Å². The van der Waals surface area contributed by atoms with Gasteiger partial charge in [0.2, 0.25) is 0 Å². The van der Waals surface area contributed by atoms with Crippen molar-refractivity contribution in [3.63, 3.8) is 0 Å². The minimum atomic E-state index is -4.29. The van der Waals surface area contributed by atoms with Gasteiger partial charge in [0.15, 0.2) is 0 Å². The van der Waals surface area contributed by atoms with E-state index in [-0.39, 0.29) is 0 Å². The Morgan fingerprint density at radius 1 is 1.30 bits per heavy atom. The molecule has 0 heterocycles. The molecule has 0 amide bonds. The zero-order valence-electron chi connectivity index (χ0n) is 12.2. The molecule has 0 saturated carbocycles. The van der Waals surface area contributed by atoms with Crippen molar-refractivity contribution in [2.24, 2.45) is 5.92 Å². The van der Waals surface area contributed by atoms with Gasteiger partial charge in [0.05, 0.1) is 5.56 Å². The Bertz CT molecular complexity index is 447. The maximum atomic E-state index is 12.6. The fourth-order valence-corrected chi connectivity index (χ4v) is 1.84. The predicted octanol–water partition coefficient (Wildman–Crippen LogP) is 4.74. The van der Waals surface area contributed by atoms with E-state index in [0.717, 1.165) is 24.6 Å². The molecular formula is C16H22F3N. The van der Waals surface area contributed by atoms with Crippen molar-refractivity contribution in [2.45, 2.75) is 33.4 Å². The van der Waals surface area contributed by atoms with Crippen LogP contribution in [-0.4, -0.2) is 13.1 Å². The van der Waals surface area contributed by atoms with Crippen LogP contribution in [0.3, 0.4) is 0 Å². The summed E-state index contributed by atoms with van der Waals surface area (Å²) in [6, 6.07) is 5.44. The van der Waals surface area contributed by atoms with Crippen molar-refractivity contribution in [1.82, 2.24) is 5.32 Å². The summed E-state index contributed by atoms with van der Waals surface area (Å²) in [5.41, 5.74) is 1.10. The highest BCUT2D eigenvalue weighted by Crippen LogP contribution is 2.30. The fraction of sp³-hybridized carbons (Fsp3) is 0.500.